The van der Waals surface area contributed by atoms with E-state index in [4.69, 9.17) is 10.5 Å². The van der Waals surface area contributed by atoms with Crippen LogP contribution in [-0.2, 0) is 15.1 Å². The summed E-state index contributed by atoms with van der Waals surface area (Å²) >= 11 is 0. The summed E-state index contributed by atoms with van der Waals surface area (Å²) in [5.41, 5.74) is 8.44. The van der Waals surface area contributed by atoms with Crippen molar-refractivity contribution in [2.75, 3.05) is 5.32 Å². The van der Waals surface area contributed by atoms with Crippen molar-refractivity contribution in [1.29, 1.82) is 0 Å². The number of nitrogens with one attached hydrogen (secondary N) is 1. The molecule has 5 nitrogen and oxygen atoms in total. The normalized spacial score (nSPS) is 19.7. The number of ether oxygens (including phenoxy) is 1. The second-order valence-electron chi connectivity index (χ2n) is 6.26. The second kappa shape index (κ2) is 6.07. The van der Waals surface area contributed by atoms with Crippen molar-refractivity contribution in [2.45, 2.75) is 51.0 Å². The van der Waals surface area contributed by atoms with Crippen LogP contribution in [0.2, 0.25) is 0 Å². The Balaban J connectivity index is 2.08. The van der Waals surface area contributed by atoms with Crippen LogP contribution in [-0.4, -0.2) is 12.0 Å². The number of fused-ring (bicyclic) bond motifs is 2. The molecular formula is C18H22N2O3. The molecule has 0 bridgehead atoms. The molecule has 1 fully saturated rings. The fourth-order valence-corrected chi connectivity index (χ4v) is 3.65. The van der Waals surface area contributed by atoms with Crippen LogP contribution in [0.25, 0.3) is 5.57 Å². The highest BCUT2D eigenvalue weighted by Crippen LogP contribution is 2.46. The molecule has 1 aromatic carbocycles. The van der Waals surface area contributed by atoms with E-state index in [2.05, 4.69) is 5.32 Å². The topological polar surface area (TPSA) is 81.4 Å². The number of rotatable bonds is 3. The number of carbonyl (C=O) groups excluding carboxylic acids is 2. The highest BCUT2D eigenvalue weighted by Gasteiger charge is 2.42. The largest absolute Gasteiger partial charge is 0.438 e. The van der Waals surface area contributed by atoms with Crippen molar-refractivity contribution in [3.63, 3.8) is 0 Å². The summed E-state index contributed by atoms with van der Waals surface area (Å²) in [4.78, 5) is 23.1. The predicted octanol–water partition coefficient (Wildman–Crippen LogP) is 3.69. The van der Waals surface area contributed by atoms with Gasteiger partial charge in [0.2, 0.25) is 5.91 Å². The molecule has 0 radical (unpaired) electrons. The molecule has 3 rings (SSSR count). The summed E-state index contributed by atoms with van der Waals surface area (Å²) in [6.07, 6.45) is 6.76. The highest BCUT2D eigenvalue weighted by molar-refractivity contribution is 5.95. The fraction of sp³-hybridized carbons (Fsp3) is 0.444. The number of hydrogen-bond acceptors (Lipinski definition) is 3. The van der Waals surface area contributed by atoms with Gasteiger partial charge < -0.3 is 10.5 Å². The van der Waals surface area contributed by atoms with Gasteiger partial charge >= 0.3 is 6.09 Å². The molecule has 1 saturated carbocycles. The van der Waals surface area contributed by atoms with Crippen molar-refractivity contribution in [3.8, 4) is 0 Å². The number of nitrogens with two attached hydrogens (primary N) is 1. The zero-order valence-electron chi connectivity index (χ0n) is 13.4. The zero-order chi connectivity index (χ0) is 16.4. The predicted molar refractivity (Wildman–Crippen MR) is 88.8 cm³/mol. The van der Waals surface area contributed by atoms with Crippen LogP contribution in [0.3, 0.4) is 0 Å². The minimum atomic E-state index is -0.530. The molecule has 0 atom stereocenters. The maximum Gasteiger partial charge on any atom is 0.412 e. The molecule has 2 aliphatic rings. The Kier molecular flexibility index (Phi) is 4.11. The lowest BCUT2D eigenvalue weighted by Gasteiger charge is -2.41. The van der Waals surface area contributed by atoms with E-state index in [0.29, 0.717) is 6.42 Å². The zero-order valence-corrected chi connectivity index (χ0v) is 13.4. The molecule has 0 saturated heterocycles. The summed E-state index contributed by atoms with van der Waals surface area (Å²) in [6, 6.07) is 5.85. The van der Waals surface area contributed by atoms with Crippen molar-refractivity contribution in [3.05, 3.63) is 35.4 Å². The SMILES string of the molecule is CCC(=CC(N)=O)c1ccc2c(c1)C1(CCCCC1)OC(=O)N2. The number of amides is 2. The molecule has 2 amide bonds. The average Bonchev–Trinajstić information content (AvgIpc) is 2.53. The first-order chi connectivity index (χ1) is 11.0. The van der Waals surface area contributed by atoms with Crippen molar-refractivity contribution >= 4 is 23.3 Å². The van der Waals surface area contributed by atoms with Gasteiger partial charge in [0.25, 0.3) is 0 Å². The first-order valence-corrected chi connectivity index (χ1v) is 8.19. The van der Waals surface area contributed by atoms with E-state index >= 15 is 0 Å². The molecule has 122 valence electrons. The van der Waals surface area contributed by atoms with Gasteiger partial charge in [-0.05, 0) is 55.4 Å². The number of carbonyl (C=O) groups is 2. The third kappa shape index (κ3) is 2.96. The number of allylic oxidation sites excluding steroid dienone is 1. The minimum absolute atomic E-state index is 0.379. The molecule has 1 aliphatic heterocycles. The van der Waals surface area contributed by atoms with E-state index in [1.54, 1.807) is 0 Å². The van der Waals surface area contributed by atoms with Gasteiger partial charge in [-0.3, -0.25) is 10.1 Å². The van der Waals surface area contributed by atoms with Gasteiger partial charge in [-0.2, -0.15) is 0 Å². The lowest BCUT2D eigenvalue weighted by atomic mass is 9.77. The Morgan fingerprint density at radius 3 is 2.74 bits per heavy atom. The quantitative estimate of drug-likeness (QED) is 0.835. The highest BCUT2D eigenvalue weighted by atomic mass is 16.6. The van der Waals surface area contributed by atoms with Gasteiger partial charge in [-0.25, -0.2) is 4.79 Å². The number of hydrogen-bond donors (Lipinski definition) is 2. The van der Waals surface area contributed by atoms with Gasteiger partial charge in [0.05, 0.1) is 5.69 Å². The Morgan fingerprint density at radius 2 is 2.09 bits per heavy atom. The lowest BCUT2D eigenvalue weighted by molar-refractivity contribution is -0.113. The van der Waals surface area contributed by atoms with Crippen LogP contribution in [0.15, 0.2) is 24.3 Å². The monoisotopic (exact) mass is 314 g/mol. The summed E-state index contributed by atoms with van der Waals surface area (Å²) < 4.78 is 5.73. The van der Waals surface area contributed by atoms with E-state index in [9.17, 15) is 9.59 Å². The number of anilines is 1. The van der Waals surface area contributed by atoms with Crippen LogP contribution in [0.1, 0.15) is 56.6 Å². The molecule has 1 spiro atoms. The van der Waals surface area contributed by atoms with E-state index in [1.807, 2.05) is 25.1 Å². The molecule has 23 heavy (non-hydrogen) atoms. The molecule has 0 aromatic heterocycles. The third-order valence-electron chi connectivity index (χ3n) is 4.76. The maximum absolute atomic E-state index is 11.9. The van der Waals surface area contributed by atoms with Gasteiger partial charge in [0.1, 0.15) is 5.60 Å². The Bertz CT molecular complexity index is 673. The van der Waals surface area contributed by atoms with Gasteiger partial charge in [-0.15, -0.1) is 0 Å². The molecule has 5 heteroatoms. The van der Waals surface area contributed by atoms with Gasteiger partial charge in [0, 0.05) is 11.6 Å². The van der Waals surface area contributed by atoms with E-state index in [0.717, 1.165) is 48.1 Å². The van der Waals surface area contributed by atoms with Crippen molar-refractivity contribution in [1.82, 2.24) is 0 Å². The first kappa shape index (κ1) is 15.6. The molecule has 0 unspecified atom stereocenters. The van der Waals surface area contributed by atoms with Gasteiger partial charge in [-0.1, -0.05) is 19.4 Å². The summed E-state index contributed by atoms with van der Waals surface area (Å²) in [5, 5.41) is 2.78. The third-order valence-corrected chi connectivity index (χ3v) is 4.76. The van der Waals surface area contributed by atoms with Gasteiger partial charge in [0.15, 0.2) is 0 Å². The lowest BCUT2D eigenvalue weighted by Crippen LogP contribution is -2.41. The molecule has 1 aliphatic carbocycles. The molecular weight excluding hydrogens is 292 g/mol. The Hall–Kier alpha value is -2.30. The van der Waals surface area contributed by atoms with E-state index in [1.165, 1.54) is 12.5 Å². The fourth-order valence-electron chi connectivity index (χ4n) is 3.65. The van der Waals surface area contributed by atoms with E-state index < -0.39 is 11.5 Å². The van der Waals surface area contributed by atoms with Crippen LogP contribution >= 0.6 is 0 Å². The van der Waals surface area contributed by atoms with E-state index in [-0.39, 0.29) is 6.09 Å². The second-order valence-corrected chi connectivity index (χ2v) is 6.26. The summed E-state index contributed by atoms with van der Waals surface area (Å²) in [5.74, 6) is -0.448. The summed E-state index contributed by atoms with van der Waals surface area (Å²) in [6.45, 7) is 1.99. The van der Waals surface area contributed by atoms with Crippen molar-refractivity contribution < 1.29 is 14.3 Å². The van der Waals surface area contributed by atoms with Crippen molar-refractivity contribution in [2.24, 2.45) is 5.73 Å². The van der Waals surface area contributed by atoms with Crippen LogP contribution in [0, 0.1) is 0 Å². The first-order valence-electron chi connectivity index (χ1n) is 8.19. The Labute approximate surface area is 135 Å². The Morgan fingerprint density at radius 1 is 1.35 bits per heavy atom. The summed E-state index contributed by atoms with van der Waals surface area (Å²) in [7, 11) is 0. The average molecular weight is 314 g/mol. The molecule has 3 N–H and O–H groups in total. The number of primary amides is 1. The molecule has 1 aromatic rings. The van der Waals surface area contributed by atoms with Crippen LogP contribution in [0.4, 0.5) is 10.5 Å². The number of benzene rings is 1. The van der Waals surface area contributed by atoms with Crippen LogP contribution in [0.5, 0.6) is 0 Å². The smallest absolute Gasteiger partial charge is 0.412 e. The minimum Gasteiger partial charge on any atom is -0.438 e. The maximum atomic E-state index is 11.9. The molecule has 1 heterocycles. The standard InChI is InChI=1S/C18H22N2O3/c1-2-12(11-16(19)21)13-6-7-15-14(10-13)18(23-17(22)20-15)8-4-3-5-9-18/h6-7,10-11H,2-5,8-9H2,1H3,(H2,19,21)(H,20,22). The van der Waals surface area contributed by atoms with Crippen LogP contribution < -0.4 is 11.1 Å².